The minimum absolute atomic E-state index is 0. The summed E-state index contributed by atoms with van der Waals surface area (Å²) in [4.78, 5) is 17.8. The molecule has 1 N–H and O–H groups in total. The number of carbonyl (C=O) groups is 1. The van der Waals surface area contributed by atoms with Crippen LogP contribution in [0, 0.1) is 6.92 Å². The third-order valence-corrected chi connectivity index (χ3v) is 6.17. The van der Waals surface area contributed by atoms with Crippen LogP contribution >= 0.6 is 0 Å². The highest BCUT2D eigenvalue weighted by Crippen LogP contribution is 2.51. The van der Waals surface area contributed by atoms with Crippen LogP contribution in [0.1, 0.15) is 36.7 Å². The molecule has 154 valence electrons. The van der Waals surface area contributed by atoms with Gasteiger partial charge in [0.1, 0.15) is 5.78 Å². The Balaban J connectivity index is 0.00000231. The molecule has 1 aromatic heterocycles. The number of ketones is 1. The van der Waals surface area contributed by atoms with Crippen LogP contribution in [0.5, 0.6) is 11.5 Å². The molecular weight excluding hydrogens is 378 g/mol. The van der Waals surface area contributed by atoms with Crippen LogP contribution in [0.2, 0.25) is 0 Å². The molecular formula is C25H25NO4. The van der Waals surface area contributed by atoms with Gasteiger partial charge in [-0.3, -0.25) is 9.78 Å². The second kappa shape index (κ2) is 7.26. The van der Waals surface area contributed by atoms with Crippen molar-refractivity contribution in [3.05, 3.63) is 77.1 Å². The standard InChI is InChI=1S/C25H23NO4.H2/c1-16-10-20(26-13-21(16)18-4-2-17(14-27)3-5-18)12-24(28)25(8-9-25)19-6-7-22-23(11-19)30-15-29-22;/h2-7,10-11,13,27H,8-9,12,14-15H2,1H3;1H. The Hall–Kier alpha value is -3.18. The van der Waals surface area contributed by atoms with Crippen LogP contribution in [0.3, 0.4) is 0 Å². The van der Waals surface area contributed by atoms with Crippen molar-refractivity contribution in [3.8, 4) is 22.6 Å². The summed E-state index contributed by atoms with van der Waals surface area (Å²) >= 11 is 0. The minimum Gasteiger partial charge on any atom is -0.454 e. The maximum Gasteiger partial charge on any atom is 0.231 e. The number of benzene rings is 2. The van der Waals surface area contributed by atoms with Gasteiger partial charge in [0.25, 0.3) is 0 Å². The number of nitrogens with zero attached hydrogens (tertiary/aromatic N) is 1. The number of carbonyl (C=O) groups excluding carboxylic acids is 1. The maximum absolute atomic E-state index is 13.2. The van der Waals surface area contributed by atoms with Gasteiger partial charge in [0.15, 0.2) is 11.5 Å². The highest BCUT2D eigenvalue weighted by molar-refractivity contribution is 5.94. The molecule has 0 atom stereocenters. The summed E-state index contributed by atoms with van der Waals surface area (Å²) in [5.41, 5.74) is 5.42. The van der Waals surface area contributed by atoms with Gasteiger partial charge >= 0.3 is 0 Å². The van der Waals surface area contributed by atoms with E-state index in [1.54, 1.807) is 0 Å². The summed E-state index contributed by atoms with van der Waals surface area (Å²) in [7, 11) is 0. The smallest absolute Gasteiger partial charge is 0.231 e. The molecule has 5 nitrogen and oxygen atoms in total. The zero-order valence-electron chi connectivity index (χ0n) is 16.9. The van der Waals surface area contributed by atoms with Gasteiger partial charge in [-0.2, -0.15) is 0 Å². The number of aliphatic hydroxyl groups excluding tert-OH is 1. The first-order valence-electron chi connectivity index (χ1n) is 10.2. The molecule has 0 radical (unpaired) electrons. The second-order valence-electron chi connectivity index (χ2n) is 8.10. The maximum atomic E-state index is 13.2. The molecule has 0 spiro atoms. The van der Waals surface area contributed by atoms with E-state index < -0.39 is 5.41 Å². The molecule has 0 saturated heterocycles. The van der Waals surface area contributed by atoms with Gasteiger partial charge in [-0.05, 0) is 60.2 Å². The summed E-state index contributed by atoms with van der Waals surface area (Å²) in [6.45, 7) is 2.30. The summed E-state index contributed by atoms with van der Waals surface area (Å²) in [5.74, 6) is 1.66. The number of fused-ring (bicyclic) bond motifs is 1. The van der Waals surface area contributed by atoms with E-state index in [0.717, 1.165) is 57.9 Å². The highest BCUT2D eigenvalue weighted by Gasteiger charge is 2.50. The van der Waals surface area contributed by atoms with E-state index >= 15 is 0 Å². The average Bonchev–Trinajstić information content (AvgIpc) is 3.45. The Labute approximate surface area is 176 Å². The summed E-state index contributed by atoms with van der Waals surface area (Å²) in [5, 5.41) is 9.22. The Bertz CT molecular complexity index is 1120. The van der Waals surface area contributed by atoms with Gasteiger partial charge in [0, 0.05) is 25.3 Å². The number of hydrogen-bond acceptors (Lipinski definition) is 5. The number of aromatic nitrogens is 1. The van der Waals surface area contributed by atoms with Gasteiger partial charge in [-0.15, -0.1) is 0 Å². The van der Waals surface area contributed by atoms with Crippen molar-refractivity contribution in [1.82, 2.24) is 4.98 Å². The molecule has 0 bridgehead atoms. The predicted molar refractivity (Wildman–Crippen MR) is 115 cm³/mol. The lowest BCUT2D eigenvalue weighted by atomic mass is 9.88. The van der Waals surface area contributed by atoms with Gasteiger partial charge in [-0.1, -0.05) is 30.3 Å². The fourth-order valence-corrected chi connectivity index (χ4v) is 4.18. The minimum atomic E-state index is -0.421. The molecule has 3 aromatic rings. The first-order valence-corrected chi connectivity index (χ1v) is 10.2. The molecule has 0 amide bonds. The number of aliphatic hydroxyl groups is 1. The summed E-state index contributed by atoms with van der Waals surface area (Å²) in [6.07, 6.45) is 3.88. The van der Waals surface area contributed by atoms with Crippen molar-refractivity contribution in [2.24, 2.45) is 0 Å². The lowest BCUT2D eigenvalue weighted by Crippen LogP contribution is -2.23. The first kappa shape index (κ1) is 18.8. The van der Waals surface area contributed by atoms with Gasteiger partial charge in [0.2, 0.25) is 6.79 Å². The van der Waals surface area contributed by atoms with Crippen LogP contribution in [0.15, 0.2) is 54.7 Å². The number of hydrogen-bond donors (Lipinski definition) is 1. The molecule has 1 aliphatic carbocycles. The predicted octanol–water partition coefficient (Wildman–Crippen LogP) is 4.37. The third-order valence-electron chi connectivity index (χ3n) is 6.17. The molecule has 0 unspecified atom stereocenters. The van der Waals surface area contributed by atoms with Crippen molar-refractivity contribution in [2.45, 2.75) is 38.2 Å². The van der Waals surface area contributed by atoms with Crippen molar-refractivity contribution in [1.29, 1.82) is 0 Å². The van der Waals surface area contributed by atoms with Gasteiger partial charge < -0.3 is 14.6 Å². The van der Waals surface area contributed by atoms with Crippen molar-refractivity contribution >= 4 is 5.78 Å². The van der Waals surface area contributed by atoms with E-state index in [9.17, 15) is 9.90 Å². The molecule has 1 fully saturated rings. The van der Waals surface area contributed by atoms with Gasteiger partial charge in [-0.25, -0.2) is 0 Å². The lowest BCUT2D eigenvalue weighted by molar-refractivity contribution is -0.120. The molecule has 30 heavy (non-hydrogen) atoms. The van der Waals surface area contributed by atoms with Crippen molar-refractivity contribution in [2.75, 3.05) is 6.79 Å². The molecule has 2 heterocycles. The second-order valence-corrected chi connectivity index (χ2v) is 8.10. The van der Waals surface area contributed by atoms with Crippen LogP contribution < -0.4 is 9.47 Å². The van der Waals surface area contributed by atoms with Crippen LogP contribution in [0.4, 0.5) is 0 Å². The SMILES string of the molecule is Cc1cc(CC(=O)C2(c3ccc4c(c3)OCO4)CC2)ncc1-c1ccc(CO)cc1.[HH]. The topological polar surface area (TPSA) is 68.7 Å². The largest absolute Gasteiger partial charge is 0.454 e. The molecule has 2 aromatic carbocycles. The summed E-state index contributed by atoms with van der Waals surface area (Å²) in [6, 6.07) is 15.6. The Morgan fingerprint density at radius 2 is 1.87 bits per heavy atom. The van der Waals surface area contributed by atoms with Crippen LogP contribution in [-0.2, 0) is 23.2 Å². The van der Waals surface area contributed by atoms with Crippen molar-refractivity contribution < 1.29 is 20.8 Å². The van der Waals surface area contributed by atoms with E-state index in [4.69, 9.17) is 9.47 Å². The molecule has 1 saturated carbocycles. The number of pyridine rings is 1. The fraction of sp³-hybridized carbons (Fsp3) is 0.280. The molecule has 5 rings (SSSR count). The van der Waals surface area contributed by atoms with Crippen LogP contribution in [0.25, 0.3) is 11.1 Å². The summed E-state index contributed by atoms with van der Waals surface area (Å²) < 4.78 is 10.9. The average molecular weight is 403 g/mol. The zero-order chi connectivity index (χ0) is 20.7. The molecule has 1 aliphatic heterocycles. The normalized spacial score (nSPS) is 15.8. The lowest BCUT2D eigenvalue weighted by Gasteiger charge is -2.15. The van der Waals surface area contributed by atoms with Crippen molar-refractivity contribution in [3.63, 3.8) is 0 Å². The molecule has 5 heteroatoms. The third kappa shape index (κ3) is 3.25. The van der Waals surface area contributed by atoms with E-state index in [1.807, 2.05) is 61.7 Å². The Morgan fingerprint density at radius 3 is 2.57 bits per heavy atom. The van der Waals surface area contributed by atoms with E-state index in [1.165, 1.54) is 0 Å². The zero-order valence-corrected chi connectivity index (χ0v) is 16.9. The molecule has 2 aliphatic rings. The van der Waals surface area contributed by atoms with E-state index in [2.05, 4.69) is 4.98 Å². The number of aryl methyl sites for hydroxylation is 1. The van der Waals surface area contributed by atoms with Crippen LogP contribution in [-0.4, -0.2) is 22.7 Å². The van der Waals surface area contributed by atoms with E-state index in [-0.39, 0.29) is 20.6 Å². The quantitative estimate of drug-likeness (QED) is 0.662. The number of ether oxygens (including phenoxy) is 2. The monoisotopic (exact) mass is 403 g/mol. The highest BCUT2D eigenvalue weighted by atomic mass is 16.7. The van der Waals surface area contributed by atoms with E-state index in [0.29, 0.717) is 6.42 Å². The Kier molecular flexibility index (Phi) is 4.55. The first-order chi connectivity index (χ1) is 14.6. The number of Topliss-reactive ketones (excluding diaryl/α,β-unsaturated/α-hetero) is 1. The fourth-order valence-electron chi connectivity index (χ4n) is 4.18. The van der Waals surface area contributed by atoms with Gasteiger partial charge in [0.05, 0.1) is 12.0 Å². The number of rotatable bonds is 6. The Morgan fingerprint density at radius 1 is 1.10 bits per heavy atom.